The Kier molecular flexibility index (Phi) is 5.52. The molecule has 2 amide bonds. The molecular formula is C17H20N2O3S. The average molecular weight is 332 g/mol. The van der Waals surface area contributed by atoms with Gasteiger partial charge in [-0.1, -0.05) is 12.1 Å². The maximum atomic E-state index is 11.9. The van der Waals surface area contributed by atoms with Crippen molar-refractivity contribution in [2.45, 2.75) is 25.8 Å². The molecule has 0 unspecified atom stereocenters. The lowest BCUT2D eigenvalue weighted by molar-refractivity contribution is -0.122. The summed E-state index contributed by atoms with van der Waals surface area (Å²) < 4.78 is 0. The zero-order valence-electron chi connectivity index (χ0n) is 13.1. The molecule has 0 aliphatic rings. The Morgan fingerprint density at radius 1 is 1.17 bits per heavy atom. The van der Waals surface area contributed by atoms with Gasteiger partial charge in [0.1, 0.15) is 0 Å². The number of carbonyl (C=O) groups is 2. The largest absolute Gasteiger partial charge is 0.394 e. The van der Waals surface area contributed by atoms with E-state index >= 15 is 0 Å². The number of carbonyl (C=O) groups excluding carboxylic acids is 2. The number of benzene rings is 1. The van der Waals surface area contributed by atoms with Gasteiger partial charge < -0.3 is 15.7 Å². The molecule has 6 heteroatoms. The SMILES string of the molecule is CC(C)(CO)NC(=O)Cc1ccc(NC(=O)c2ccsc2)cc1. The van der Waals surface area contributed by atoms with Crippen LogP contribution in [0.3, 0.4) is 0 Å². The van der Waals surface area contributed by atoms with E-state index in [0.717, 1.165) is 5.56 Å². The van der Waals surface area contributed by atoms with Crippen molar-refractivity contribution in [3.05, 3.63) is 52.2 Å². The standard InChI is InChI=1S/C17H20N2O3S/c1-17(2,11-20)19-15(21)9-12-3-5-14(6-4-12)18-16(22)13-7-8-23-10-13/h3-8,10,20H,9,11H2,1-2H3,(H,18,22)(H,19,21). The van der Waals surface area contributed by atoms with Gasteiger partial charge in [-0.3, -0.25) is 9.59 Å². The van der Waals surface area contributed by atoms with E-state index < -0.39 is 5.54 Å². The second-order valence-corrected chi connectivity index (χ2v) is 6.71. The van der Waals surface area contributed by atoms with E-state index in [0.29, 0.717) is 11.3 Å². The predicted octanol–water partition coefficient (Wildman–Crippen LogP) is 2.43. The molecule has 0 spiro atoms. The Morgan fingerprint density at radius 3 is 2.43 bits per heavy atom. The molecule has 1 aromatic carbocycles. The van der Waals surface area contributed by atoms with Crippen LogP contribution in [-0.4, -0.2) is 29.1 Å². The van der Waals surface area contributed by atoms with Crippen LogP contribution in [0.5, 0.6) is 0 Å². The third-order valence-corrected chi connectivity index (χ3v) is 3.92. The van der Waals surface area contributed by atoms with Crippen molar-refractivity contribution < 1.29 is 14.7 Å². The number of rotatable bonds is 6. The first kappa shape index (κ1) is 17.2. The Morgan fingerprint density at radius 2 is 1.87 bits per heavy atom. The first-order chi connectivity index (χ1) is 10.9. The Labute approximate surface area is 139 Å². The van der Waals surface area contributed by atoms with Crippen LogP contribution in [-0.2, 0) is 11.2 Å². The van der Waals surface area contributed by atoms with Gasteiger partial charge in [0.15, 0.2) is 0 Å². The molecule has 0 saturated carbocycles. The summed E-state index contributed by atoms with van der Waals surface area (Å²) in [5.41, 5.74) is 1.52. The monoisotopic (exact) mass is 332 g/mol. The van der Waals surface area contributed by atoms with Crippen LogP contribution in [0.2, 0.25) is 0 Å². The van der Waals surface area contributed by atoms with Crippen LogP contribution in [0.25, 0.3) is 0 Å². The summed E-state index contributed by atoms with van der Waals surface area (Å²) in [7, 11) is 0. The lowest BCUT2D eigenvalue weighted by Gasteiger charge is -2.23. The first-order valence-electron chi connectivity index (χ1n) is 7.24. The summed E-state index contributed by atoms with van der Waals surface area (Å²) in [6.07, 6.45) is 0.224. The smallest absolute Gasteiger partial charge is 0.256 e. The average Bonchev–Trinajstić information content (AvgIpc) is 3.03. The number of nitrogens with one attached hydrogen (secondary N) is 2. The van der Waals surface area contributed by atoms with E-state index in [1.54, 1.807) is 49.6 Å². The van der Waals surface area contributed by atoms with Gasteiger partial charge in [-0.25, -0.2) is 0 Å². The lowest BCUT2D eigenvalue weighted by atomic mass is 10.1. The molecule has 0 aliphatic heterocycles. The molecular weight excluding hydrogens is 312 g/mol. The maximum absolute atomic E-state index is 11.9. The van der Waals surface area contributed by atoms with E-state index in [1.165, 1.54) is 11.3 Å². The summed E-state index contributed by atoms with van der Waals surface area (Å²) >= 11 is 1.47. The van der Waals surface area contributed by atoms with Crippen LogP contribution in [0.4, 0.5) is 5.69 Å². The van der Waals surface area contributed by atoms with Crippen LogP contribution < -0.4 is 10.6 Å². The predicted molar refractivity (Wildman–Crippen MR) is 91.7 cm³/mol. The molecule has 0 radical (unpaired) electrons. The normalized spacial score (nSPS) is 11.1. The van der Waals surface area contributed by atoms with Crippen LogP contribution >= 0.6 is 11.3 Å². The summed E-state index contributed by atoms with van der Waals surface area (Å²) in [5, 5.41) is 18.4. The van der Waals surface area contributed by atoms with Gasteiger partial charge in [-0.05, 0) is 43.0 Å². The van der Waals surface area contributed by atoms with E-state index in [4.69, 9.17) is 5.11 Å². The fraction of sp³-hybridized carbons (Fsp3) is 0.294. The van der Waals surface area contributed by atoms with Crippen molar-refractivity contribution in [1.82, 2.24) is 5.32 Å². The number of hydrogen-bond acceptors (Lipinski definition) is 4. The van der Waals surface area contributed by atoms with Crippen molar-refractivity contribution in [3.63, 3.8) is 0 Å². The molecule has 3 N–H and O–H groups in total. The summed E-state index contributed by atoms with van der Waals surface area (Å²) in [5.74, 6) is -0.305. The van der Waals surface area contributed by atoms with Crippen LogP contribution in [0.15, 0.2) is 41.1 Å². The first-order valence-corrected chi connectivity index (χ1v) is 8.18. The minimum Gasteiger partial charge on any atom is -0.394 e. The highest BCUT2D eigenvalue weighted by atomic mass is 32.1. The molecule has 0 atom stereocenters. The number of hydrogen-bond donors (Lipinski definition) is 3. The molecule has 2 rings (SSSR count). The van der Waals surface area contributed by atoms with Gasteiger partial charge in [0.05, 0.1) is 24.1 Å². The van der Waals surface area contributed by atoms with Gasteiger partial charge in [-0.2, -0.15) is 11.3 Å². The minimum absolute atomic E-state index is 0.119. The van der Waals surface area contributed by atoms with Gasteiger partial charge in [0.2, 0.25) is 5.91 Å². The van der Waals surface area contributed by atoms with E-state index in [9.17, 15) is 9.59 Å². The molecule has 1 heterocycles. The van der Waals surface area contributed by atoms with Crippen LogP contribution in [0, 0.1) is 0 Å². The van der Waals surface area contributed by atoms with Crippen LogP contribution in [0.1, 0.15) is 29.8 Å². The molecule has 23 heavy (non-hydrogen) atoms. The van der Waals surface area contributed by atoms with Crippen molar-refractivity contribution >= 4 is 28.8 Å². The van der Waals surface area contributed by atoms with Gasteiger partial charge in [0.25, 0.3) is 5.91 Å². The maximum Gasteiger partial charge on any atom is 0.256 e. The fourth-order valence-corrected chi connectivity index (χ4v) is 2.59. The molecule has 5 nitrogen and oxygen atoms in total. The molecule has 1 aromatic heterocycles. The summed E-state index contributed by atoms with van der Waals surface area (Å²) in [4.78, 5) is 23.8. The third kappa shape index (κ3) is 5.19. The Hall–Kier alpha value is -2.18. The highest BCUT2D eigenvalue weighted by molar-refractivity contribution is 7.08. The van der Waals surface area contributed by atoms with Crippen molar-refractivity contribution in [2.75, 3.05) is 11.9 Å². The number of aliphatic hydroxyl groups excluding tert-OH is 1. The van der Waals surface area contributed by atoms with E-state index in [2.05, 4.69) is 10.6 Å². The molecule has 0 fully saturated rings. The second kappa shape index (κ2) is 7.39. The quantitative estimate of drug-likeness (QED) is 0.760. The molecule has 0 aliphatic carbocycles. The zero-order chi connectivity index (χ0) is 16.9. The van der Waals surface area contributed by atoms with Gasteiger partial charge >= 0.3 is 0 Å². The topological polar surface area (TPSA) is 78.4 Å². The van der Waals surface area contributed by atoms with Gasteiger partial charge in [0, 0.05) is 11.1 Å². The lowest BCUT2D eigenvalue weighted by Crippen LogP contribution is -2.46. The van der Waals surface area contributed by atoms with Crippen molar-refractivity contribution in [3.8, 4) is 0 Å². The van der Waals surface area contributed by atoms with Gasteiger partial charge in [-0.15, -0.1) is 0 Å². The highest BCUT2D eigenvalue weighted by Crippen LogP contribution is 2.13. The minimum atomic E-state index is -0.633. The number of amides is 2. The third-order valence-electron chi connectivity index (χ3n) is 3.23. The highest BCUT2D eigenvalue weighted by Gasteiger charge is 2.19. The van der Waals surface area contributed by atoms with Crippen molar-refractivity contribution in [2.24, 2.45) is 0 Å². The fourth-order valence-electron chi connectivity index (χ4n) is 1.95. The second-order valence-electron chi connectivity index (χ2n) is 5.93. The Balaban J connectivity index is 1.92. The Bertz CT molecular complexity index is 664. The molecule has 2 aromatic rings. The molecule has 0 saturated heterocycles. The summed E-state index contributed by atoms with van der Waals surface area (Å²) in [6, 6.07) is 8.90. The van der Waals surface area contributed by atoms with Crippen molar-refractivity contribution in [1.29, 1.82) is 0 Å². The van der Waals surface area contributed by atoms with E-state index in [1.807, 2.05) is 5.38 Å². The summed E-state index contributed by atoms with van der Waals surface area (Å²) in [6.45, 7) is 3.40. The molecule has 122 valence electrons. The number of thiophene rings is 1. The zero-order valence-corrected chi connectivity index (χ0v) is 13.9. The number of aliphatic hydroxyl groups is 1. The van der Waals surface area contributed by atoms with E-state index in [-0.39, 0.29) is 24.8 Å². The molecule has 0 bridgehead atoms. The number of anilines is 1.